The van der Waals surface area contributed by atoms with E-state index in [0.29, 0.717) is 0 Å². The smallest absolute Gasteiger partial charge is 0.133 e. The van der Waals surface area contributed by atoms with E-state index in [2.05, 4.69) is 15.9 Å². The van der Waals surface area contributed by atoms with Crippen LogP contribution in [-0.2, 0) is 0 Å². The first kappa shape index (κ1) is 10.4. The molecule has 3 heteroatoms. The summed E-state index contributed by atoms with van der Waals surface area (Å²) in [6.45, 7) is 0.841. The molecule has 0 unspecified atom stereocenters. The van der Waals surface area contributed by atoms with Gasteiger partial charge in [0.1, 0.15) is 5.75 Å². The summed E-state index contributed by atoms with van der Waals surface area (Å²) in [6, 6.07) is 8.01. The number of ether oxygens (including phenoxy) is 1. The first-order valence-electron chi connectivity index (χ1n) is 4.81. The van der Waals surface area contributed by atoms with Gasteiger partial charge in [-0.05, 0) is 51.9 Å². The summed E-state index contributed by atoms with van der Waals surface area (Å²) in [4.78, 5) is 0. The molecule has 1 nitrogen and oxygen atoms in total. The minimum absolute atomic E-state index is 0.841. The molecule has 0 aliphatic carbocycles. The third-order valence-corrected chi connectivity index (χ3v) is 4.40. The standard InChI is InChI=1S/C11H13BrOS/c12-10-3-1-2-4-11(10)13-6-5-9-7-14-8-9/h1-4,9H,5-8H2. The van der Waals surface area contributed by atoms with E-state index >= 15 is 0 Å². The summed E-state index contributed by atoms with van der Waals surface area (Å²) in [5.74, 6) is 4.49. The lowest BCUT2D eigenvalue weighted by molar-refractivity contribution is 0.287. The van der Waals surface area contributed by atoms with E-state index in [-0.39, 0.29) is 0 Å². The van der Waals surface area contributed by atoms with Crippen molar-refractivity contribution < 1.29 is 4.74 Å². The second-order valence-corrected chi connectivity index (χ2v) is 5.40. The first-order valence-corrected chi connectivity index (χ1v) is 6.76. The van der Waals surface area contributed by atoms with Crippen molar-refractivity contribution in [2.75, 3.05) is 18.1 Å². The highest BCUT2D eigenvalue weighted by atomic mass is 79.9. The molecule has 1 aliphatic heterocycles. The lowest BCUT2D eigenvalue weighted by Crippen LogP contribution is -2.20. The first-order chi connectivity index (χ1) is 6.86. The summed E-state index contributed by atoms with van der Waals surface area (Å²) in [6.07, 6.45) is 1.19. The molecule has 0 bridgehead atoms. The Balaban J connectivity index is 1.76. The second kappa shape index (κ2) is 5.08. The Hall–Kier alpha value is -0.150. The molecule has 0 spiro atoms. The molecule has 2 rings (SSSR count). The van der Waals surface area contributed by atoms with Crippen molar-refractivity contribution in [3.63, 3.8) is 0 Å². The Labute approximate surface area is 97.4 Å². The highest BCUT2D eigenvalue weighted by Crippen LogP contribution is 2.28. The zero-order valence-corrected chi connectivity index (χ0v) is 10.3. The Bertz CT molecular complexity index is 299. The van der Waals surface area contributed by atoms with Crippen molar-refractivity contribution in [1.82, 2.24) is 0 Å². The van der Waals surface area contributed by atoms with Gasteiger partial charge in [0, 0.05) is 0 Å². The molecule has 0 amide bonds. The van der Waals surface area contributed by atoms with Crippen LogP contribution in [0.1, 0.15) is 6.42 Å². The van der Waals surface area contributed by atoms with Crippen LogP contribution in [0.2, 0.25) is 0 Å². The normalized spacial score (nSPS) is 16.4. The van der Waals surface area contributed by atoms with E-state index in [1.54, 1.807) is 0 Å². The largest absolute Gasteiger partial charge is 0.492 e. The maximum atomic E-state index is 5.69. The lowest BCUT2D eigenvalue weighted by atomic mass is 10.1. The van der Waals surface area contributed by atoms with E-state index in [1.807, 2.05) is 36.0 Å². The molecule has 1 saturated heterocycles. The van der Waals surface area contributed by atoms with Gasteiger partial charge in [-0.2, -0.15) is 11.8 Å². The average Bonchev–Trinajstić information content (AvgIpc) is 2.12. The molecular formula is C11H13BrOS. The molecule has 1 aromatic carbocycles. The summed E-state index contributed by atoms with van der Waals surface area (Å²) in [5, 5.41) is 0. The van der Waals surface area contributed by atoms with Crippen LogP contribution >= 0.6 is 27.7 Å². The van der Waals surface area contributed by atoms with Crippen molar-refractivity contribution in [2.45, 2.75) is 6.42 Å². The van der Waals surface area contributed by atoms with Crippen LogP contribution in [-0.4, -0.2) is 18.1 Å². The monoisotopic (exact) mass is 272 g/mol. The molecule has 1 heterocycles. The summed E-state index contributed by atoms with van der Waals surface area (Å²) >= 11 is 5.50. The third-order valence-electron chi connectivity index (χ3n) is 2.33. The van der Waals surface area contributed by atoms with E-state index in [0.717, 1.165) is 22.7 Å². The van der Waals surface area contributed by atoms with E-state index in [1.165, 1.54) is 17.9 Å². The number of rotatable bonds is 4. The van der Waals surface area contributed by atoms with E-state index in [4.69, 9.17) is 4.74 Å². The highest BCUT2D eigenvalue weighted by molar-refractivity contribution is 9.10. The van der Waals surface area contributed by atoms with Crippen molar-refractivity contribution >= 4 is 27.7 Å². The maximum Gasteiger partial charge on any atom is 0.133 e. The fourth-order valence-corrected chi connectivity index (χ4v) is 2.65. The molecule has 0 N–H and O–H groups in total. The number of para-hydroxylation sites is 1. The number of hydrogen-bond acceptors (Lipinski definition) is 2. The van der Waals surface area contributed by atoms with Crippen molar-refractivity contribution in [1.29, 1.82) is 0 Å². The summed E-state index contributed by atoms with van der Waals surface area (Å²) in [7, 11) is 0. The Morgan fingerprint density at radius 3 is 2.79 bits per heavy atom. The van der Waals surface area contributed by atoms with Gasteiger partial charge >= 0.3 is 0 Å². The third kappa shape index (κ3) is 2.67. The van der Waals surface area contributed by atoms with Gasteiger partial charge in [-0.15, -0.1) is 0 Å². The maximum absolute atomic E-state index is 5.69. The fourth-order valence-electron chi connectivity index (χ4n) is 1.35. The SMILES string of the molecule is Brc1ccccc1OCCC1CSC1. The topological polar surface area (TPSA) is 9.23 Å². The van der Waals surface area contributed by atoms with Gasteiger partial charge in [0.2, 0.25) is 0 Å². The molecular weight excluding hydrogens is 260 g/mol. The highest BCUT2D eigenvalue weighted by Gasteiger charge is 2.17. The lowest BCUT2D eigenvalue weighted by Gasteiger charge is -2.24. The van der Waals surface area contributed by atoms with Crippen LogP contribution in [0.4, 0.5) is 0 Å². The molecule has 1 aliphatic rings. The predicted molar refractivity (Wildman–Crippen MR) is 65.1 cm³/mol. The van der Waals surface area contributed by atoms with Gasteiger partial charge < -0.3 is 4.74 Å². The van der Waals surface area contributed by atoms with Gasteiger partial charge in [-0.25, -0.2) is 0 Å². The zero-order chi connectivity index (χ0) is 9.80. The van der Waals surface area contributed by atoms with Crippen LogP contribution in [0.25, 0.3) is 0 Å². The van der Waals surface area contributed by atoms with Crippen LogP contribution in [0, 0.1) is 5.92 Å². The predicted octanol–water partition coefficient (Wildman–Crippen LogP) is 3.58. The summed E-state index contributed by atoms with van der Waals surface area (Å²) < 4.78 is 6.73. The molecule has 1 fully saturated rings. The Morgan fingerprint density at radius 2 is 2.14 bits per heavy atom. The van der Waals surface area contributed by atoms with Crippen LogP contribution in [0.3, 0.4) is 0 Å². The van der Waals surface area contributed by atoms with E-state index in [9.17, 15) is 0 Å². The average molecular weight is 273 g/mol. The minimum Gasteiger partial charge on any atom is -0.492 e. The van der Waals surface area contributed by atoms with E-state index < -0.39 is 0 Å². The van der Waals surface area contributed by atoms with Crippen molar-refractivity contribution in [3.05, 3.63) is 28.7 Å². The van der Waals surface area contributed by atoms with Crippen molar-refractivity contribution in [2.24, 2.45) is 5.92 Å². The number of thioether (sulfide) groups is 1. The molecule has 0 saturated carbocycles. The molecule has 1 aromatic rings. The zero-order valence-electron chi connectivity index (χ0n) is 7.91. The number of hydrogen-bond donors (Lipinski definition) is 0. The minimum atomic E-state index is 0.841. The molecule has 0 atom stereocenters. The van der Waals surface area contributed by atoms with Crippen LogP contribution in [0.5, 0.6) is 5.75 Å². The van der Waals surface area contributed by atoms with Crippen LogP contribution < -0.4 is 4.74 Å². The van der Waals surface area contributed by atoms with Gasteiger partial charge in [-0.1, -0.05) is 12.1 Å². The molecule has 76 valence electrons. The second-order valence-electron chi connectivity index (χ2n) is 3.47. The molecule has 14 heavy (non-hydrogen) atoms. The Morgan fingerprint density at radius 1 is 1.36 bits per heavy atom. The van der Waals surface area contributed by atoms with Crippen molar-refractivity contribution in [3.8, 4) is 5.75 Å². The van der Waals surface area contributed by atoms with Gasteiger partial charge in [0.05, 0.1) is 11.1 Å². The summed E-state index contributed by atoms with van der Waals surface area (Å²) in [5.41, 5.74) is 0. The van der Waals surface area contributed by atoms with Crippen LogP contribution in [0.15, 0.2) is 28.7 Å². The number of halogens is 1. The fraction of sp³-hybridized carbons (Fsp3) is 0.455. The van der Waals surface area contributed by atoms with Gasteiger partial charge in [0.15, 0.2) is 0 Å². The van der Waals surface area contributed by atoms with Gasteiger partial charge in [0.25, 0.3) is 0 Å². The quantitative estimate of drug-likeness (QED) is 0.829. The molecule has 0 radical (unpaired) electrons. The van der Waals surface area contributed by atoms with Gasteiger partial charge in [-0.3, -0.25) is 0 Å². The number of benzene rings is 1. The molecule has 0 aromatic heterocycles. The Kier molecular flexibility index (Phi) is 3.76.